The molecule has 1 N–H and O–H groups in total. The topological polar surface area (TPSA) is 45.5 Å². The largest absolute Gasteiger partial charge is 0.448 e. The first-order chi connectivity index (χ1) is 10.3. The van der Waals surface area contributed by atoms with Gasteiger partial charge in [0.1, 0.15) is 0 Å². The van der Waals surface area contributed by atoms with E-state index in [0.717, 1.165) is 24.8 Å². The zero-order valence-electron chi connectivity index (χ0n) is 12.2. The van der Waals surface area contributed by atoms with E-state index in [9.17, 15) is 4.79 Å². The smallest absolute Gasteiger partial charge is 0.247 e. The van der Waals surface area contributed by atoms with Crippen LogP contribution in [0.1, 0.15) is 30.9 Å². The molecule has 3 rings (SSSR count). The first-order valence-electron chi connectivity index (χ1n) is 7.40. The molecular formula is C17H20N2O2. The van der Waals surface area contributed by atoms with Crippen LogP contribution in [0.2, 0.25) is 0 Å². The maximum Gasteiger partial charge on any atom is 0.247 e. The number of amides is 1. The molecule has 2 atom stereocenters. The molecule has 1 aromatic carbocycles. The number of carbonyl (C=O) groups is 1. The molecule has 0 bridgehead atoms. The third-order valence-corrected chi connectivity index (χ3v) is 4.09. The molecule has 1 aromatic heterocycles. The molecule has 1 aliphatic rings. The van der Waals surface area contributed by atoms with Crippen LogP contribution in [-0.4, -0.2) is 19.0 Å². The van der Waals surface area contributed by atoms with Crippen LogP contribution in [0.3, 0.4) is 0 Å². The molecule has 0 radical (unpaired) electrons. The molecule has 2 aromatic rings. The molecular weight excluding hydrogens is 264 g/mol. The fourth-order valence-electron chi connectivity index (χ4n) is 3.02. The van der Waals surface area contributed by atoms with E-state index in [1.54, 1.807) is 6.26 Å². The standard InChI is InChI=1S/C17H20N2O2/c1-18-14-9-5-10-15(13-7-3-2-4-8-13)19(17(14)20)16-11-6-12-21-16/h2-4,6-8,11-12,14-15,18H,5,9-10H2,1H3. The summed E-state index contributed by atoms with van der Waals surface area (Å²) in [5.41, 5.74) is 1.15. The highest BCUT2D eigenvalue weighted by atomic mass is 16.3. The fraction of sp³-hybridized carbons (Fsp3) is 0.353. The minimum absolute atomic E-state index is 0.0307. The van der Waals surface area contributed by atoms with Gasteiger partial charge < -0.3 is 9.73 Å². The van der Waals surface area contributed by atoms with Gasteiger partial charge in [0.05, 0.1) is 18.3 Å². The van der Waals surface area contributed by atoms with Crippen LogP contribution in [0.5, 0.6) is 0 Å². The van der Waals surface area contributed by atoms with Gasteiger partial charge in [-0.3, -0.25) is 9.69 Å². The molecule has 110 valence electrons. The lowest BCUT2D eigenvalue weighted by Gasteiger charge is -2.29. The molecule has 4 nitrogen and oxygen atoms in total. The molecule has 1 saturated heterocycles. The lowest BCUT2D eigenvalue weighted by Crippen LogP contribution is -2.45. The van der Waals surface area contributed by atoms with Crippen molar-refractivity contribution in [3.63, 3.8) is 0 Å². The number of benzene rings is 1. The van der Waals surface area contributed by atoms with Crippen LogP contribution >= 0.6 is 0 Å². The Hall–Kier alpha value is -2.07. The van der Waals surface area contributed by atoms with E-state index in [0.29, 0.717) is 5.88 Å². The van der Waals surface area contributed by atoms with E-state index in [1.807, 2.05) is 42.3 Å². The van der Waals surface area contributed by atoms with Crippen molar-refractivity contribution in [3.05, 3.63) is 54.3 Å². The van der Waals surface area contributed by atoms with Crippen molar-refractivity contribution >= 4 is 11.8 Å². The number of hydrogen-bond acceptors (Lipinski definition) is 3. The predicted molar refractivity (Wildman–Crippen MR) is 82.1 cm³/mol. The number of nitrogens with zero attached hydrogens (tertiary/aromatic N) is 1. The first-order valence-corrected chi connectivity index (χ1v) is 7.40. The van der Waals surface area contributed by atoms with Crippen LogP contribution in [-0.2, 0) is 4.79 Å². The summed E-state index contributed by atoms with van der Waals surface area (Å²) < 4.78 is 5.52. The van der Waals surface area contributed by atoms with Crippen LogP contribution in [0, 0.1) is 0 Å². The average Bonchev–Trinajstić information content (AvgIpc) is 2.99. The van der Waals surface area contributed by atoms with Gasteiger partial charge in [0.25, 0.3) is 0 Å². The summed E-state index contributed by atoms with van der Waals surface area (Å²) in [6.07, 6.45) is 4.42. The summed E-state index contributed by atoms with van der Waals surface area (Å²) in [5.74, 6) is 0.704. The summed E-state index contributed by atoms with van der Waals surface area (Å²) in [6.45, 7) is 0. The summed E-state index contributed by atoms with van der Waals surface area (Å²) >= 11 is 0. The normalized spacial score (nSPS) is 23.1. The number of likely N-dealkylation sites (N-methyl/N-ethyl adjacent to an activating group) is 1. The Bertz CT molecular complexity index is 580. The Morgan fingerprint density at radius 1 is 1.14 bits per heavy atom. The second kappa shape index (κ2) is 6.14. The van der Waals surface area contributed by atoms with Gasteiger partial charge in [-0.2, -0.15) is 0 Å². The minimum atomic E-state index is -0.149. The van der Waals surface area contributed by atoms with Gasteiger partial charge in [0.2, 0.25) is 11.8 Å². The lowest BCUT2D eigenvalue weighted by molar-refractivity contribution is -0.120. The van der Waals surface area contributed by atoms with Crippen LogP contribution < -0.4 is 10.2 Å². The second-order valence-electron chi connectivity index (χ2n) is 5.36. The number of nitrogens with one attached hydrogen (secondary N) is 1. The van der Waals surface area contributed by atoms with Crippen molar-refractivity contribution in [2.75, 3.05) is 11.9 Å². The van der Waals surface area contributed by atoms with E-state index in [4.69, 9.17) is 4.42 Å². The predicted octanol–water partition coefficient (Wildman–Crippen LogP) is 3.13. The van der Waals surface area contributed by atoms with Crippen molar-refractivity contribution in [1.82, 2.24) is 5.32 Å². The van der Waals surface area contributed by atoms with E-state index < -0.39 is 0 Å². The van der Waals surface area contributed by atoms with Gasteiger partial charge in [0.15, 0.2) is 0 Å². The third-order valence-electron chi connectivity index (χ3n) is 4.09. The van der Waals surface area contributed by atoms with Gasteiger partial charge in [0, 0.05) is 6.07 Å². The van der Waals surface area contributed by atoms with Crippen molar-refractivity contribution < 1.29 is 9.21 Å². The zero-order valence-corrected chi connectivity index (χ0v) is 12.2. The van der Waals surface area contributed by atoms with Gasteiger partial charge in [-0.1, -0.05) is 30.3 Å². The molecule has 2 unspecified atom stereocenters. The molecule has 1 fully saturated rings. The first kappa shape index (κ1) is 13.9. The SMILES string of the molecule is CNC1CCCC(c2ccccc2)N(c2ccco2)C1=O. The van der Waals surface area contributed by atoms with E-state index in [-0.39, 0.29) is 18.0 Å². The Morgan fingerprint density at radius 3 is 2.62 bits per heavy atom. The summed E-state index contributed by atoms with van der Waals surface area (Å²) in [5, 5.41) is 3.12. The molecule has 1 aliphatic heterocycles. The fourth-order valence-corrected chi connectivity index (χ4v) is 3.02. The quantitative estimate of drug-likeness (QED) is 0.942. The van der Waals surface area contributed by atoms with Crippen LogP contribution in [0.15, 0.2) is 53.1 Å². The molecule has 0 aliphatic carbocycles. The van der Waals surface area contributed by atoms with Crippen LogP contribution in [0.25, 0.3) is 0 Å². The van der Waals surface area contributed by atoms with E-state index >= 15 is 0 Å². The molecule has 2 heterocycles. The number of furan rings is 1. The van der Waals surface area contributed by atoms with Crippen molar-refractivity contribution in [2.45, 2.75) is 31.3 Å². The molecule has 0 spiro atoms. The Kier molecular flexibility index (Phi) is 4.06. The van der Waals surface area contributed by atoms with Crippen molar-refractivity contribution in [1.29, 1.82) is 0 Å². The van der Waals surface area contributed by atoms with Crippen molar-refractivity contribution in [3.8, 4) is 0 Å². The number of rotatable bonds is 3. The van der Waals surface area contributed by atoms with Crippen molar-refractivity contribution in [2.24, 2.45) is 0 Å². The highest BCUT2D eigenvalue weighted by molar-refractivity contribution is 5.97. The molecule has 0 saturated carbocycles. The maximum atomic E-state index is 12.9. The zero-order chi connectivity index (χ0) is 14.7. The van der Waals surface area contributed by atoms with Crippen LogP contribution in [0.4, 0.5) is 5.88 Å². The van der Waals surface area contributed by atoms with Gasteiger partial charge >= 0.3 is 0 Å². The summed E-state index contributed by atoms with van der Waals surface area (Å²) in [7, 11) is 1.84. The third kappa shape index (κ3) is 2.72. The maximum absolute atomic E-state index is 12.9. The van der Waals surface area contributed by atoms with Gasteiger partial charge in [-0.05, 0) is 37.9 Å². The highest BCUT2D eigenvalue weighted by Crippen LogP contribution is 2.35. The van der Waals surface area contributed by atoms with E-state index in [1.165, 1.54) is 0 Å². The Balaban J connectivity index is 2.02. The van der Waals surface area contributed by atoms with Gasteiger partial charge in [-0.15, -0.1) is 0 Å². The average molecular weight is 284 g/mol. The molecule has 1 amide bonds. The summed E-state index contributed by atoms with van der Waals surface area (Å²) in [4.78, 5) is 14.7. The highest BCUT2D eigenvalue weighted by Gasteiger charge is 2.35. The second-order valence-corrected chi connectivity index (χ2v) is 5.36. The van der Waals surface area contributed by atoms with Gasteiger partial charge in [-0.25, -0.2) is 0 Å². The molecule has 4 heteroatoms. The number of anilines is 1. The molecule has 21 heavy (non-hydrogen) atoms. The monoisotopic (exact) mass is 284 g/mol. The Labute approximate surface area is 124 Å². The number of hydrogen-bond donors (Lipinski definition) is 1. The lowest BCUT2D eigenvalue weighted by atomic mass is 10.0. The summed E-state index contributed by atoms with van der Waals surface area (Å²) in [6, 6.07) is 13.7. The minimum Gasteiger partial charge on any atom is -0.448 e. The Morgan fingerprint density at radius 2 is 1.95 bits per heavy atom. The van der Waals surface area contributed by atoms with E-state index in [2.05, 4.69) is 17.4 Å². The number of carbonyl (C=O) groups excluding carboxylic acids is 1.